The van der Waals surface area contributed by atoms with Gasteiger partial charge in [0.25, 0.3) is 5.91 Å². The highest BCUT2D eigenvalue weighted by atomic mass is 16.2. The van der Waals surface area contributed by atoms with Crippen molar-refractivity contribution in [2.75, 3.05) is 38.1 Å². The molecule has 0 atom stereocenters. The molecule has 3 heterocycles. The van der Waals surface area contributed by atoms with Gasteiger partial charge in [-0.15, -0.1) is 10.2 Å². The van der Waals surface area contributed by atoms with Crippen LogP contribution in [0.15, 0.2) is 54.7 Å². The zero-order chi connectivity index (χ0) is 19.3. The number of nitrogens with zero attached hydrogens (tertiary/aromatic N) is 6. The predicted molar refractivity (Wildman–Crippen MR) is 106 cm³/mol. The highest BCUT2D eigenvalue weighted by molar-refractivity contribution is 5.92. The number of anilines is 1. The summed E-state index contributed by atoms with van der Waals surface area (Å²) in [6.07, 6.45) is 1.94. The van der Waals surface area contributed by atoms with Crippen LogP contribution in [-0.2, 0) is 6.54 Å². The Morgan fingerprint density at radius 1 is 1.07 bits per heavy atom. The van der Waals surface area contributed by atoms with Crippen LogP contribution in [0, 0.1) is 0 Å². The highest BCUT2D eigenvalue weighted by Crippen LogP contribution is 2.13. The largest absolute Gasteiger partial charge is 0.352 e. The summed E-state index contributed by atoms with van der Waals surface area (Å²) in [7, 11) is 1.93. The van der Waals surface area contributed by atoms with Gasteiger partial charge in [-0.25, -0.2) is 4.68 Å². The van der Waals surface area contributed by atoms with E-state index in [9.17, 15) is 4.79 Å². The van der Waals surface area contributed by atoms with Crippen molar-refractivity contribution >= 4 is 11.7 Å². The molecule has 0 radical (unpaired) electrons. The van der Waals surface area contributed by atoms with Crippen molar-refractivity contribution in [2.45, 2.75) is 6.54 Å². The number of hydrogen-bond donors (Lipinski definition) is 1. The number of carbonyl (C=O) groups excluding carboxylic acids is 1. The Kier molecular flexibility index (Phi) is 5.29. The molecule has 28 heavy (non-hydrogen) atoms. The Morgan fingerprint density at radius 2 is 1.86 bits per heavy atom. The summed E-state index contributed by atoms with van der Waals surface area (Å²) >= 11 is 0. The smallest absolute Gasteiger partial charge is 0.274 e. The first-order chi connectivity index (χ1) is 13.7. The van der Waals surface area contributed by atoms with E-state index < -0.39 is 0 Å². The van der Waals surface area contributed by atoms with E-state index in [2.05, 4.69) is 20.6 Å². The minimum atomic E-state index is -0.0650. The molecule has 1 amide bonds. The summed E-state index contributed by atoms with van der Waals surface area (Å²) in [5.41, 5.74) is 2.33. The predicted octanol–water partition coefficient (Wildman–Crippen LogP) is 1.34. The Balaban J connectivity index is 1.40. The van der Waals surface area contributed by atoms with E-state index in [0.29, 0.717) is 31.1 Å². The van der Waals surface area contributed by atoms with Crippen LogP contribution in [0.2, 0.25) is 0 Å². The lowest BCUT2D eigenvalue weighted by atomic mass is 10.3. The Labute approximate surface area is 163 Å². The first kappa shape index (κ1) is 18.1. The lowest BCUT2D eigenvalue weighted by Gasteiger charge is -2.27. The number of amides is 1. The quantitative estimate of drug-likeness (QED) is 0.723. The van der Waals surface area contributed by atoms with Crippen LogP contribution < -0.4 is 10.2 Å². The maximum Gasteiger partial charge on any atom is 0.274 e. The van der Waals surface area contributed by atoms with Gasteiger partial charge in [0.1, 0.15) is 0 Å². The van der Waals surface area contributed by atoms with E-state index in [0.717, 1.165) is 24.5 Å². The number of carbonyl (C=O) groups is 1. The van der Waals surface area contributed by atoms with Crippen LogP contribution in [0.4, 0.5) is 5.82 Å². The van der Waals surface area contributed by atoms with Crippen LogP contribution in [0.25, 0.3) is 5.69 Å². The first-order valence-electron chi connectivity index (χ1n) is 9.35. The molecule has 0 spiro atoms. The minimum absolute atomic E-state index is 0.0650. The fourth-order valence-electron chi connectivity index (χ4n) is 3.17. The number of aromatic nitrogens is 4. The maximum absolute atomic E-state index is 12.5. The lowest BCUT2D eigenvalue weighted by molar-refractivity contribution is 0.0728. The van der Waals surface area contributed by atoms with Gasteiger partial charge in [-0.1, -0.05) is 18.2 Å². The van der Waals surface area contributed by atoms with Crippen LogP contribution in [-0.4, -0.2) is 64.0 Å². The van der Waals surface area contributed by atoms with E-state index >= 15 is 0 Å². The SMILES string of the molecule is CN(Cc1ccn(-c2ccccc2)n1)c1ccc(C(=O)N2CCNCC2)nn1. The number of nitrogens with one attached hydrogen (secondary N) is 1. The average Bonchev–Trinajstić information content (AvgIpc) is 3.23. The molecule has 1 fully saturated rings. The van der Waals surface area contributed by atoms with Gasteiger partial charge < -0.3 is 15.1 Å². The standard InChI is InChI=1S/C20H23N7O/c1-25(15-16-9-12-27(24-16)17-5-3-2-4-6-17)19-8-7-18(22-23-19)20(28)26-13-10-21-11-14-26/h2-9,12,21H,10-11,13-15H2,1H3. The van der Waals surface area contributed by atoms with Crippen molar-refractivity contribution < 1.29 is 4.79 Å². The van der Waals surface area contributed by atoms with E-state index in [1.165, 1.54) is 0 Å². The van der Waals surface area contributed by atoms with Crippen molar-refractivity contribution in [2.24, 2.45) is 0 Å². The summed E-state index contributed by atoms with van der Waals surface area (Å²) in [4.78, 5) is 16.2. The van der Waals surface area contributed by atoms with Gasteiger partial charge in [0, 0.05) is 39.4 Å². The van der Waals surface area contributed by atoms with Gasteiger partial charge >= 0.3 is 0 Å². The van der Waals surface area contributed by atoms with E-state index in [-0.39, 0.29) is 5.91 Å². The van der Waals surface area contributed by atoms with E-state index in [4.69, 9.17) is 0 Å². The number of benzene rings is 1. The second-order valence-corrected chi connectivity index (χ2v) is 6.76. The van der Waals surface area contributed by atoms with Crippen molar-refractivity contribution in [1.82, 2.24) is 30.2 Å². The molecule has 1 saturated heterocycles. The molecule has 3 aromatic rings. The summed E-state index contributed by atoms with van der Waals surface area (Å²) in [6.45, 7) is 3.63. The Bertz CT molecular complexity index is 917. The number of piperazine rings is 1. The molecule has 2 aromatic heterocycles. The van der Waals surface area contributed by atoms with Crippen molar-refractivity contribution in [1.29, 1.82) is 0 Å². The molecule has 0 aliphatic carbocycles. The average molecular weight is 377 g/mol. The molecule has 8 heteroatoms. The number of rotatable bonds is 5. The topological polar surface area (TPSA) is 79.2 Å². The van der Waals surface area contributed by atoms with E-state index in [1.807, 2.05) is 65.3 Å². The molecule has 4 rings (SSSR count). The third-order valence-electron chi connectivity index (χ3n) is 4.73. The van der Waals surface area contributed by atoms with Gasteiger partial charge in [-0.3, -0.25) is 4.79 Å². The van der Waals surface area contributed by atoms with E-state index in [1.54, 1.807) is 11.0 Å². The number of para-hydroxylation sites is 1. The molecular weight excluding hydrogens is 354 g/mol. The molecular formula is C20H23N7O. The fraction of sp³-hybridized carbons (Fsp3) is 0.300. The molecule has 1 aliphatic rings. The van der Waals surface area contributed by atoms with Crippen molar-refractivity contribution in [3.8, 4) is 5.69 Å². The summed E-state index contributed by atoms with van der Waals surface area (Å²) in [5.74, 6) is 0.635. The molecule has 1 aliphatic heterocycles. The van der Waals surface area contributed by atoms with Crippen molar-refractivity contribution in [3.05, 3.63) is 66.1 Å². The van der Waals surface area contributed by atoms with Crippen LogP contribution in [0.1, 0.15) is 16.2 Å². The van der Waals surface area contributed by atoms with Crippen LogP contribution >= 0.6 is 0 Å². The normalized spacial score (nSPS) is 14.1. The molecule has 0 saturated carbocycles. The first-order valence-corrected chi connectivity index (χ1v) is 9.35. The third kappa shape index (κ3) is 4.01. The molecule has 0 unspecified atom stereocenters. The zero-order valence-corrected chi connectivity index (χ0v) is 15.8. The summed E-state index contributed by atoms with van der Waals surface area (Å²) in [6, 6.07) is 15.5. The Morgan fingerprint density at radius 3 is 2.57 bits per heavy atom. The molecule has 8 nitrogen and oxygen atoms in total. The molecule has 0 bridgehead atoms. The molecule has 144 valence electrons. The second kappa shape index (κ2) is 8.18. The second-order valence-electron chi connectivity index (χ2n) is 6.76. The van der Waals surface area contributed by atoms with Gasteiger partial charge in [0.05, 0.1) is 17.9 Å². The molecule has 1 aromatic carbocycles. The highest BCUT2D eigenvalue weighted by Gasteiger charge is 2.19. The van der Waals surface area contributed by atoms with Crippen LogP contribution in [0.5, 0.6) is 0 Å². The van der Waals surface area contributed by atoms with Gasteiger partial charge in [0.2, 0.25) is 0 Å². The number of hydrogen-bond acceptors (Lipinski definition) is 6. The monoisotopic (exact) mass is 377 g/mol. The Hall–Kier alpha value is -3.26. The van der Waals surface area contributed by atoms with Gasteiger partial charge in [-0.05, 0) is 30.3 Å². The summed E-state index contributed by atoms with van der Waals surface area (Å²) in [5, 5.41) is 16.2. The zero-order valence-electron chi connectivity index (χ0n) is 15.8. The van der Waals surface area contributed by atoms with Gasteiger partial charge in [-0.2, -0.15) is 5.10 Å². The van der Waals surface area contributed by atoms with Gasteiger partial charge in [0.15, 0.2) is 11.5 Å². The summed E-state index contributed by atoms with van der Waals surface area (Å²) < 4.78 is 1.85. The maximum atomic E-state index is 12.5. The molecule has 1 N–H and O–H groups in total. The van der Waals surface area contributed by atoms with Crippen molar-refractivity contribution in [3.63, 3.8) is 0 Å². The van der Waals surface area contributed by atoms with Crippen LogP contribution in [0.3, 0.4) is 0 Å². The fourth-order valence-corrected chi connectivity index (χ4v) is 3.17. The third-order valence-corrected chi connectivity index (χ3v) is 4.73. The minimum Gasteiger partial charge on any atom is -0.352 e. The lowest BCUT2D eigenvalue weighted by Crippen LogP contribution is -2.46.